The second-order valence-corrected chi connectivity index (χ2v) is 6.36. The number of benzene rings is 2. The number of amides is 3. The van der Waals surface area contributed by atoms with Crippen molar-refractivity contribution in [1.82, 2.24) is 10.6 Å². The second kappa shape index (κ2) is 8.44. The van der Waals surface area contributed by atoms with Crippen LogP contribution in [0.25, 0.3) is 0 Å². The van der Waals surface area contributed by atoms with E-state index >= 15 is 0 Å². The third-order valence-corrected chi connectivity index (χ3v) is 4.15. The molecule has 0 spiro atoms. The Bertz CT molecular complexity index is 848. The zero-order chi connectivity index (χ0) is 19.2. The first kappa shape index (κ1) is 18.6. The Labute approximate surface area is 156 Å². The molecule has 0 atom stereocenters. The second-order valence-electron chi connectivity index (χ2n) is 6.36. The molecule has 0 heterocycles. The van der Waals surface area contributed by atoms with Crippen molar-refractivity contribution in [2.45, 2.75) is 12.8 Å². The van der Waals surface area contributed by atoms with Crippen molar-refractivity contribution in [3.8, 4) is 0 Å². The van der Waals surface area contributed by atoms with Gasteiger partial charge >= 0.3 is 0 Å². The molecule has 0 unspecified atom stereocenters. The molecule has 6 nitrogen and oxygen atoms in total. The van der Waals surface area contributed by atoms with Crippen LogP contribution in [0.5, 0.6) is 0 Å². The van der Waals surface area contributed by atoms with Crippen LogP contribution >= 0.6 is 0 Å². The Morgan fingerprint density at radius 2 is 1.52 bits per heavy atom. The van der Waals surface area contributed by atoms with Gasteiger partial charge in [-0.05, 0) is 55.3 Å². The molecule has 2 aromatic carbocycles. The maximum Gasteiger partial charge on any atom is 0.251 e. The van der Waals surface area contributed by atoms with Crippen molar-refractivity contribution in [2.75, 3.05) is 18.4 Å². The van der Waals surface area contributed by atoms with E-state index in [9.17, 15) is 18.8 Å². The smallest absolute Gasteiger partial charge is 0.251 e. The lowest BCUT2D eigenvalue weighted by Gasteiger charge is -2.08. The first-order chi connectivity index (χ1) is 13.0. The summed E-state index contributed by atoms with van der Waals surface area (Å²) in [4.78, 5) is 35.7. The van der Waals surface area contributed by atoms with Gasteiger partial charge < -0.3 is 16.0 Å². The summed E-state index contributed by atoms with van der Waals surface area (Å²) in [5.74, 6) is -1.03. The third kappa shape index (κ3) is 5.37. The molecule has 0 aliphatic heterocycles. The monoisotopic (exact) mass is 369 g/mol. The summed E-state index contributed by atoms with van der Waals surface area (Å²) in [6, 6.07) is 12.0. The van der Waals surface area contributed by atoms with Gasteiger partial charge in [-0.1, -0.05) is 6.07 Å². The lowest BCUT2D eigenvalue weighted by atomic mass is 10.2. The van der Waals surface area contributed by atoms with Gasteiger partial charge in [0.1, 0.15) is 5.82 Å². The minimum absolute atomic E-state index is 0.0150. The number of anilines is 1. The summed E-state index contributed by atoms with van der Waals surface area (Å²) in [7, 11) is 0. The molecule has 0 radical (unpaired) electrons. The van der Waals surface area contributed by atoms with E-state index in [4.69, 9.17) is 0 Å². The van der Waals surface area contributed by atoms with E-state index in [0.29, 0.717) is 11.3 Å². The minimum Gasteiger partial charge on any atom is -0.350 e. The van der Waals surface area contributed by atoms with Crippen LogP contribution in [0.1, 0.15) is 33.6 Å². The fourth-order valence-electron chi connectivity index (χ4n) is 2.48. The highest BCUT2D eigenvalue weighted by Crippen LogP contribution is 2.30. The summed E-state index contributed by atoms with van der Waals surface area (Å²) in [6.07, 6.45) is 1.87. The molecule has 3 N–H and O–H groups in total. The molecular weight excluding hydrogens is 349 g/mol. The van der Waals surface area contributed by atoms with Crippen molar-refractivity contribution in [3.05, 3.63) is 65.5 Å². The van der Waals surface area contributed by atoms with E-state index in [1.165, 1.54) is 18.2 Å². The van der Waals surface area contributed by atoms with Gasteiger partial charge in [0.15, 0.2) is 0 Å². The van der Waals surface area contributed by atoms with Gasteiger partial charge in [0.25, 0.3) is 11.8 Å². The SMILES string of the molecule is O=C(NCCNC(=O)c1cccc(F)c1)c1ccc(NC(=O)C2CC2)cc1. The lowest BCUT2D eigenvalue weighted by Crippen LogP contribution is -2.34. The van der Waals surface area contributed by atoms with Crippen LogP contribution in [0.2, 0.25) is 0 Å². The van der Waals surface area contributed by atoms with E-state index in [0.717, 1.165) is 18.9 Å². The van der Waals surface area contributed by atoms with Gasteiger partial charge in [0.2, 0.25) is 5.91 Å². The van der Waals surface area contributed by atoms with E-state index in [1.54, 1.807) is 24.3 Å². The van der Waals surface area contributed by atoms with Crippen LogP contribution in [0, 0.1) is 11.7 Å². The number of hydrogen-bond acceptors (Lipinski definition) is 3. The molecule has 1 fully saturated rings. The highest BCUT2D eigenvalue weighted by molar-refractivity contribution is 5.97. The van der Waals surface area contributed by atoms with Crippen LogP contribution in [0.4, 0.5) is 10.1 Å². The lowest BCUT2D eigenvalue weighted by molar-refractivity contribution is -0.117. The summed E-state index contributed by atoms with van der Waals surface area (Å²) in [6.45, 7) is 0.455. The summed E-state index contributed by atoms with van der Waals surface area (Å²) < 4.78 is 13.1. The van der Waals surface area contributed by atoms with Crippen molar-refractivity contribution in [3.63, 3.8) is 0 Å². The number of carbonyl (C=O) groups is 3. The average Bonchev–Trinajstić information content (AvgIpc) is 3.51. The quantitative estimate of drug-likeness (QED) is 0.655. The summed E-state index contributed by atoms with van der Waals surface area (Å²) >= 11 is 0. The van der Waals surface area contributed by atoms with Crippen LogP contribution in [-0.4, -0.2) is 30.8 Å². The van der Waals surface area contributed by atoms with Gasteiger partial charge in [-0.15, -0.1) is 0 Å². The van der Waals surface area contributed by atoms with Crippen LogP contribution < -0.4 is 16.0 Å². The Balaban J connectivity index is 1.41. The van der Waals surface area contributed by atoms with E-state index < -0.39 is 11.7 Å². The topological polar surface area (TPSA) is 87.3 Å². The summed E-state index contributed by atoms with van der Waals surface area (Å²) in [5, 5.41) is 8.11. The molecule has 140 valence electrons. The van der Waals surface area contributed by atoms with Crippen molar-refractivity contribution < 1.29 is 18.8 Å². The first-order valence-corrected chi connectivity index (χ1v) is 8.76. The Morgan fingerprint density at radius 3 is 2.11 bits per heavy atom. The Kier molecular flexibility index (Phi) is 5.80. The zero-order valence-electron chi connectivity index (χ0n) is 14.6. The number of nitrogens with one attached hydrogen (secondary N) is 3. The molecule has 1 aliphatic rings. The summed E-state index contributed by atoms with van der Waals surface area (Å²) in [5.41, 5.74) is 1.34. The van der Waals surface area contributed by atoms with Gasteiger partial charge in [-0.2, -0.15) is 0 Å². The number of hydrogen-bond donors (Lipinski definition) is 3. The number of rotatable bonds is 7. The molecule has 27 heavy (non-hydrogen) atoms. The molecular formula is C20H20FN3O3. The van der Waals surface area contributed by atoms with E-state index in [-0.39, 0.29) is 36.4 Å². The molecule has 1 saturated carbocycles. The maximum atomic E-state index is 13.1. The van der Waals surface area contributed by atoms with E-state index in [1.807, 2.05) is 0 Å². The first-order valence-electron chi connectivity index (χ1n) is 8.76. The minimum atomic E-state index is -0.479. The van der Waals surface area contributed by atoms with Crippen molar-refractivity contribution >= 4 is 23.4 Å². The predicted molar refractivity (Wildman–Crippen MR) is 98.9 cm³/mol. The Morgan fingerprint density at radius 1 is 0.889 bits per heavy atom. The number of halogens is 1. The van der Waals surface area contributed by atoms with Gasteiger partial charge in [0.05, 0.1) is 0 Å². The normalized spacial score (nSPS) is 12.9. The maximum absolute atomic E-state index is 13.1. The largest absolute Gasteiger partial charge is 0.350 e. The molecule has 3 rings (SSSR count). The standard InChI is InChI=1S/C20H20FN3O3/c21-16-3-1-2-15(12-16)19(26)23-11-10-22-18(25)13-6-8-17(9-7-13)24-20(27)14-4-5-14/h1-3,6-9,12,14H,4-5,10-11H2,(H,22,25)(H,23,26)(H,24,27). The molecule has 0 saturated heterocycles. The molecule has 3 amide bonds. The van der Waals surface area contributed by atoms with Gasteiger partial charge in [-0.3, -0.25) is 14.4 Å². The number of carbonyl (C=O) groups excluding carboxylic acids is 3. The van der Waals surface area contributed by atoms with Crippen molar-refractivity contribution in [1.29, 1.82) is 0 Å². The fraction of sp³-hybridized carbons (Fsp3) is 0.250. The average molecular weight is 369 g/mol. The highest BCUT2D eigenvalue weighted by atomic mass is 19.1. The highest BCUT2D eigenvalue weighted by Gasteiger charge is 2.29. The fourth-order valence-corrected chi connectivity index (χ4v) is 2.48. The predicted octanol–water partition coefficient (Wildman–Crippen LogP) is 2.33. The van der Waals surface area contributed by atoms with Gasteiger partial charge in [0, 0.05) is 35.8 Å². The van der Waals surface area contributed by atoms with Gasteiger partial charge in [-0.25, -0.2) is 4.39 Å². The van der Waals surface area contributed by atoms with Crippen LogP contribution in [-0.2, 0) is 4.79 Å². The van der Waals surface area contributed by atoms with E-state index in [2.05, 4.69) is 16.0 Å². The molecule has 2 aromatic rings. The molecule has 0 bridgehead atoms. The molecule has 1 aliphatic carbocycles. The van der Waals surface area contributed by atoms with Crippen LogP contribution in [0.3, 0.4) is 0 Å². The molecule has 0 aromatic heterocycles. The molecule has 7 heteroatoms. The Hall–Kier alpha value is -3.22. The van der Waals surface area contributed by atoms with Crippen LogP contribution in [0.15, 0.2) is 48.5 Å². The third-order valence-electron chi connectivity index (χ3n) is 4.15. The van der Waals surface area contributed by atoms with Crippen molar-refractivity contribution in [2.24, 2.45) is 5.92 Å². The zero-order valence-corrected chi connectivity index (χ0v) is 14.6.